The second-order valence-electron chi connectivity index (χ2n) is 7.90. The molecule has 0 bridgehead atoms. The number of carboxylic acids is 1. The summed E-state index contributed by atoms with van der Waals surface area (Å²) in [6.45, 7) is 0.606. The Morgan fingerprint density at radius 3 is 1.84 bits per heavy atom. The van der Waals surface area contributed by atoms with Gasteiger partial charge in [0.15, 0.2) is 0 Å². The van der Waals surface area contributed by atoms with Gasteiger partial charge in [-0.3, -0.25) is 14.4 Å². The Morgan fingerprint density at radius 1 is 0.844 bits per heavy atom. The number of benzene rings is 2. The number of ether oxygens (including phenoxy) is 1. The highest BCUT2D eigenvalue weighted by atomic mass is 35.5. The molecule has 2 aromatic rings. The molecule has 32 heavy (non-hydrogen) atoms. The van der Waals surface area contributed by atoms with Crippen LogP contribution < -0.4 is 15.4 Å². The lowest BCUT2D eigenvalue weighted by Gasteiger charge is -2.28. The van der Waals surface area contributed by atoms with Gasteiger partial charge in [0.1, 0.15) is 5.75 Å². The zero-order chi connectivity index (χ0) is 22.9. The first-order valence-corrected chi connectivity index (χ1v) is 11.1. The molecule has 3 N–H and O–H groups in total. The van der Waals surface area contributed by atoms with Crippen LogP contribution in [0.3, 0.4) is 0 Å². The van der Waals surface area contributed by atoms with E-state index in [0.29, 0.717) is 35.0 Å². The van der Waals surface area contributed by atoms with Crippen molar-refractivity contribution in [2.75, 3.05) is 13.1 Å². The molecule has 2 amide bonds. The van der Waals surface area contributed by atoms with Gasteiger partial charge in [-0.2, -0.15) is 0 Å². The lowest BCUT2D eigenvalue weighted by atomic mass is 9.85. The van der Waals surface area contributed by atoms with Crippen molar-refractivity contribution in [2.45, 2.75) is 38.2 Å². The number of nitrogens with one attached hydrogen (secondary N) is 2. The Hall–Kier alpha value is -3.06. The van der Waals surface area contributed by atoms with E-state index in [-0.39, 0.29) is 30.3 Å². The second kappa shape index (κ2) is 11.5. The van der Waals surface area contributed by atoms with Crippen molar-refractivity contribution in [1.82, 2.24) is 10.6 Å². The molecule has 0 atom stereocenters. The monoisotopic (exact) mass is 458 g/mol. The molecule has 0 saturated heterocycles. The molecule has 0 spiro atoms. The van der Waals surface area contributed by atoms with Crippen molar-refractivity contribution in [2.24, 2.45) is 5.92 Å². The van der Waals surface area contributed by atoms with Crippen LogP contribution in [0.5, 0.6) is 5.75 Å². The van der Waals surface area contributed by atoms with E-state index >= 15 is 0 Å². The Balaban J connectivity index is 1.37. The summed E-state index contributed by atoms with van der Waals surface area (Å²) in [6, 6.07) is 13.5. The maximum atomic E-state index is 12.3. The molecule has 1 fully saturated rings. The van der Waals surface area contributed by atoms with Crippen LogP contribution >= 0.6 is 11.6 Å². The molecule has 8 heteroatoms. The zero-order valence-electron chi connectivity index (χ0n) is 17.7. The molecule has 1 saturated carbocycles. The van der Waals surface area contributed by atoms with Crippen LogP contribution in [0.4, 0.5) is 0 Å². The van der Waals surface area contributed by atoms with Gasteiger partial charge < -0.3 is 20.5 Å². The summed E-state index contributed by atoms with van der Waals surface area (Å²) in [5.41, 5.74) is 1.01. The highest BCUT2D eigenvalue weighted by Gasteiger charge is 2.24. The number of aliphatic carboxylic acids is 1. The van der Waals surface area contributed by atoms with Crippen LogP contribution in [0.2, 0.25) is 5.02 Å². The van der Waals surface area contributed by atoms with Crippen molar-refractivity contribution in [1.29, 1.82) is 0 Å². The first kappa shape index (κ1) is 23.6. The highest BCUT2D eigenvalue weighted by molar-refractivity contribution is 6.30. The number of carboxylic acid groups (broad SMARTS) is 1. The molecule has 2 aromatic carbocycles. The quantitative estimate of drug-likeness (QED) is 0.494. The molecule has 0 aliphatic heterocycles. The van der Waals surface area contributed by atoms with Crippen molar-refractivity contribution in [3.63, 3.8) is 0 Å². The third-order valence-corrected chi connectivity index (χ3v) is 5.73. The van der Waals surface area contributed by atoms with Crippen LogP contribution in [0, 0.1) is 5.92 Å². The van der Waals surface area contributed by atoms with E-state index in [4.69, 9.17) is 21.4 Å². The number of carbonyl (C=O) groups is 3. The van der Waals surface area contributed by atoms with Crippen LogP contribution in [-0.4, -0.2) is 42.1 Å². The molecular formula is C24H27ClN2O5. The van der Waals surface area contributed by atoms with Gasteiger partial charge >= 0.3 is 5.97 Å². The predicted octanol–water partition coefficient (Wildman–Crippen LogP) is 3.91. The van der Waals surface area contributed by atoms with Gasteiger partial charge in [-0.1, -0.05) is 11.6 Å². The van der Waals surface area contributed by atoms with Gasteiger partial charge in [-0.05, 0) is 80.1 Å². The summed E-state index contributed by atoms with van der Waals surface area (Å²) in [5.74, 6) is -0.277. The topological polar surface area (TPSA) is 105 Å². The summed E-state index contributed by atoms with van der Waals surface area (Å²) >= 11 is 5.81. The Bertz CT molecular complexity index is 922. The minimum Gasteiger partial charge on any atom is -0.490 e. The van der Waals surface area contributed by atoms with Crippen molar-refractivity contribution in [3.8, 4) is 5.75 Å². The van der Waals surface area contributed by atoms with E-state index in [9.17, 15) is 14.4 Å². The van der Waals surface area contributed by atoms with E-state index < -0.39 is 5.97 Å². The highest BCUT2D eigenvalue weighted by Crippen LogP contribution is 2.29. The molecule has 0 radical (unpaired) electrons. The second-order valence-corrected chi connectivity index (χ2v) is 8.34. The number of hydrogen-bond acceptors (Lipinski definition) is 4. The maximum absolute atomic E-state index is 12.3. The summed E-state index contributed by atoms with van der Waals surface area (Å²) in [7, 11) is 0. The number of amides is 2. The first-order chi connectivity index (χ1) is 15.4. The number of halogens is 1. The van der Waals surface area contributed by atoms with E-state index in [2.05, 4.69) is 10.6 Å². The SMILES string of the molecule is O=C(O)CC1CCC(Oc2ccc(C(=O)NCCNC(=O)c3ccc(Cl)cc3)cc2)CC1. The molecular weight excluding hydrogens is 432 g/mol. The fraction of sp³-hybridized carbons (Fsp3) is 0.375. The van der Waals surface area contributed by atoms with E-state index in [1.54, 1.807) is 48.5 Å². The number of hydrogen-bond donors (Lipinski definition) is 3. The van der Waals surface area contributed by atoms with Crippen molar-refractivity contribution in [3.05, 3.63) is 64.7 Å². The van der Waals surface area contributed by atoms with Crippen LogP contribution in [0.15, 0.2) is 48.5 Å². The Morgan fingerprint density at radius 2 is 1.34 bits per heavy atom. The molecule has 0 unspecified atom stereocenters. The van der Waals surface area contributed by atoms with E-state index in [1.165, 1.54) is 0 Å². The minimum atomic E-state index is -0.743. The molecule has 3 rings (SSSR count). The fourth-order valence-corrected chi connectivity index (χ4v) is 3.86. The van der Waals surface area contributed by atoms with Gasteiger partial charge in [0, 0.05) is 35.7 Å². The largest absolute Gasteiger partial charge is 0.490 e. The van der Waals surface area contributed by atoms with Gasteiger partial charge in [0.2, 0.25) is 0 Å². The normalized spacial score (nSPS) is 17.9. The first-order valence-electron chi connectivity index (χ1n) is 10.7. The summed E-state index contributed by atoms with van der Waals surface area (Å²) < 4.78 is 5.98. The number of carbonyl (C=O) groups excluding carboxylic acids is 2. The molecule has 0 aromatic heterocycles. The Kier molecular flexibility index (Phi) is 8.50. The summed E-state index contributed by atoms with van der Waals surface area (Å²) in [5, 5.41) is 15.0. The van der Waals surface area contributed by atoms with Gasteiger partial charge in [0.25, 0.3) is 11.8 Å². The van der Waals surface area contributed by atoms with Gasteiger partial charge in [-0.15, -0.1) is 0 Å². The van der Waals surface area contributed by atoms with Crippen LogP contribution in [0.1, 0.15) is 52.8 Å². The third kappa shape index (κ3) is 7.27. The molecule has 170 valence electrons. The van der Waals surface area contributed by atoms with Crippen molar-refractivity contribution >= 4 is 29.4 Å². The van der Waals surface area contributed by atoms with Crippen LogP contribution in [-0.2, 0) is 4.79 Å². The molecule has 1 aliphatic carbocycles. The van der Waals surface area contributed by atoms with Crippen LogP contribution in [0.25, 0.3) is 0 Å². The van der Waals surface area contributed by atoms with Crippen molar-refractivity contribution < 1.29 is 24.2 Å². The van der Waals surface area contributed by atoms with E-state index in [1.807, 2.05) is 0 Å². The van der Waals surface area contributed by atoms with E-state index in [0.717, 1.165) is 25.7 Å². The average Bonchev–Trinajstić information content (AvgIpc) is 2.78. The molecule has 0 heterocycles. The predicted molar refractivity (Wildman–Crippen MR) is 121 cm³/mol. The average molecular weight is 459 g/mol. The molecule has 7 nitrogen and oxygen atoms in total. The lowest BCUT2D eigenvalue weighted by molar-refractivity contribution is -0.138. The zero-order valence-corrected chi connectivity index (χ0v) is 18.4. The summed E-state index contributed by atoms with van der Waals surface area (Å²) in [6.07, 6.45) is 3.67. The van der Waals surface area contributed by atoms with Gasteiger partial charge in [0.05, 0.1) is 6.10 Å². The fourth-order valence-electron chi connectivity index (χ4n) is 3.74. The standard InChI is InChI=1S/C24H27ClN2O5/c25-19-7-3-17(4-8-19)23(30)26-13-14-27-24(31)18-5-11-21(12-6-18)32-20-9-1-16(2-10-20)15-22(28)29/h3-8,11-12,16,20H,1-2,9-10,13-15H2,(H,26,30)(H,27,31)(H,28,29). The lowest BCUT2D eigenvalue weighted by Crippen LogP contribution is -2.34. The molecule has 1 aliphatic rings. The minimum absolute atomic E-state index is 0.0731. The Labute approximate surface area is 192 Å². The third-order valence-electron chi connectivity index (χ3n) is 5.48. The number of rotatable bonds is 9. The maximum Gasteiger partial charge on any atom is 0.303 e. The smallest absolute Gasteiger partial charge is 0.303 e. The van der Waals surface area contributed by atoms with Gasteiger partial charge in [-0.25, -0.2) is 0 Å². The summed E-state index contributed by atoms with van der Waals surface area (Å²) in [4.78, 5) is 35.1.